The van der Waals surface area contributed by atoms with E-state index in [2.05, 4.69) is 5.32 Å². The molecule has 0 aliphatic heterocycles. The SMILES string of the molecule is CCOc1ccc(N(CC(=O)N(Cc2ccccc2Cl)[C@H](Cc2ccccc2)C(=O)NC2CCCCC2)S(=O)(=O)c2ccc(F)cc2)cc1. The van der Waals surface area contributed by atoms with Gasteiger partial charge in [0.05, 0.1) is 17.2 Å². The Morgan fingerprint density at radius 2 is 1.55 bits per heavy atom. The van der Waals surface area contributed by atoms with Crippen LogP contribution in [0.25, 0.3) is 0 Å². The van der Waals surface area contributed by atoms with E-state index in [0.717, 1.165) is 66.2 Å². The zero-order chi connectivity index (χ0) is 34.8. The molecule has 0 aromatic heterocycles. The van der Waals surface area contributed by atoms with Crippen LogP contribution < -0.4 is 14.4 Å². The lowest BCUT2D eigenvalue weighted by Gasteiger charge is -2.35. The average Bonchev–Trinajstić information content (AvgIpc) is 3.11. The van der Waals surface area contributed by atoms with Gasteiger partial charge >= 0.3 is 0 Å². The van der Waals surface area contributed by atoms with Crippen molar-refractivity contribution in [2.45, 2.75) is 69.0 Å². The van der Waals surface area contributed by atoms with Crippen molar-refractivity contribution < 1.29 is 27.1 Å². The number of halogens is 2. The highest BCUT2D eigenvalue weighted by Crippen LogP contribution is 2.28. The van der Waals surface area contributed by atoms with Gasteiger partial charge in [-0.25, -0.2) is 12.8 Å². The number of carbonyl (C=O) groups is 2. The molecule has 0 spiro atoms. The Kier molecular flexibility index (Phi) is 12.3. The van der Waals surface area contributed by atoms with Gasteiger partial charge in [-0.15, -0.1) is 0 Å². The maximum Gasteiger partial charge on any atom is 0.264 e. The smallest absolute Gasteiger partial charge is 0.264 e. The van der Waals surface area contributed by atoms with E-state index in [4.69, 9.17) is 16.3 Å². The summed E-state index contributed by atoms with van der Waals surface area (Å²) in [7, 11) is -4.38. The minimum atomic E-state index is -4.38. The molecule has 2 amide bonds. The predicted octanol–water partition coefficient (Wildman–Crippen LogP) is 7.16. The molecule has 5 rings (SSSR count). The summed E-state index contributed by atoms with van der Waals surface area (Å²) in [5.74, 6) is -0.995. The molecule has 49 heavy (non-hydrogen) atoms. The van der Waals surface area contributed by atoms with Crippen LogP contribution in [0.4, 0.5) is 10.1 Å². The molecule has 0 unspecified atom stereocenters. The van der Waals surface area contributed by atoms with E-state index in [1.807, 2.05) is 37.3 Å². The van der Waals surface area contributed by atoms with Crippen LogP contribution in [0.2, 0.25) is 5.02 Å². The molecule has 4 aromatic rings. The number of hydrogen-bond acceptors (Lipinski definition) is 5. The molecule has 258 valence electrons. The van der Waals surface area contributed by atoms with E-state index >= 15 is 0 Å². The van der Waals surface area contributed by atoms with Gasteiger partial charge in [-0.3, -0.25) is 13.9 Å². The van der Waals surface area contributed by atoms with E-state index in [9.17, 15) is 22.4 Å². The van der Waals surface area contributed by atoms with Crippen molar-refractivity contribution in [1.82, 2.24) is 10.2 Å². The molecule has 8 nitrogen and oxygen atoms in total. The molecule has 0 heterocycles. The number of sulfonamides is 1. The second-order valence-electron chi connectivity index (χ2n) is 12.1. The second kappa shape index (κ2) is 16.8. The van der Waals surface area contributed by atoms with Gasteiger partial charge in [0.2, 0.25) is 11.8 Å². The summed E-state index contributed by atoms with van der Waals surface area (Å²) in [5, 5.41) is 3.60. The summed E-state index contributed by atoms with van der Waals surface area (Å²) in [4.78, 5) is 30.1. The first-order valence-corrected chi connectivity index (χ1v) is 18.4. The van der Waals surface area contributed by atoms with Gasteiger partial charge in [-0.05, 0) is 85.5 Å². The molecule has 1 N–H and O–H groups in total. The second-order valence-corrected chi connectivity index (χ2v) is 14.3. The van der Waals surface area contributed by atoms with Crippen molar-refractivity contribution in [3.05, 3.63) is 125 Å². The van der Waals surface area contributed by atoms with Gasteiger partial charge in [0.1, 0.15) is 24.2 Å². The number of rotatable bonds is 14. The fourth-order valence-corrected chi connectivity index (χ4v) is 7.66. The first kappa shape index (κ1) is 35.9. The van der Waals surface area contributed by atoms with E-state index in [1.165, 1.54) is 4.90 Å². The van der Waals surface area contributed by atoms with E-state index < -0.39 is 34.3 Å². The van der Waals surface area contributed by atoms with Crippen LogP contribution in [-0.2, 0) is 32.6 Å². The van der Waals surface area contributed by atoms with Gasteiger partial charge in [-0.2, -0.15) is 0 Å². The van der Waals surface area contributed by atoms with Gasteiger partial charge in [0.15, 0.2) is 0 Å². The van der Waals surface area contributed by atoms with Crippen LogP contribution in [0, 0.1) is 5.82 Å². The number of ether oxygens (including phenoxy) is 1. The fraction of sp³-hybridized carbons (Fsp3) is 0.316. The third-order valence-electron chi connectivity index (χ3n) is 8.64. The Labute approximate surface area is 292 Å². The molecule has 0 radical (unpaired) electrons. The number of hydrogen-bond donors (Lipinski definition) is 1. The number of benzene rings is 4. The zero-order valence-corrected chi connectivity index (χ0v) is 29.0. The van der Waals surface area contributed by atoms with E-state index in [-0.39, 0.29) is 35.5 Å². The monoisotopic (exact) mass is 705 g/mol. The van der Waals surface area contributed by atoms with Crippen LogP contribution in [0.5, 0.6) is 5.75 Å². The maximum absolute atomic E-state index is 14.7. The molecule has 1 aliphatic carbocycles. The number of nitrogens with one attached hydrogen (secondary N) is 1. The molecule has 1 atom stereocenters. The zero-order valence-electron chi connectivity index (χ0n) is 27.4. The van der Waals surface area contributed by atoms with E-state index in [0.29, 0.717) is 22.9 Å². The Balaban J connectivity index is 1.57. The standard InChI is InChI=1S/C38H41ClFN3O5S/c1-2-48-33-21-19-32(20-22-33)43(49(46,47)34-23-17-30(40)18-24-34)27-37(44)42(26-29-13-9-10-16-35(29)39)36(25-28-11-5-3-6-12-28)38(45)41-31-14-7-4-8-15-31/h3,5-6,9-13,16-24,31,36H,2,4,7-8,14-15,25-27H2,1H3,(H,41,45)/t36-/m1/s1. The predicted molar refractivity (Wildman–Crippen MR) is 189 cm³/mol. The van der Waals surface area contributed by atoms with Crippen molar-refractivity contribution >= 4 is 39.1 Å². The minimum absolute atomic E-state index is 0.0176. The lowest BCUT2D eigenvalue weighted by Crippen LogP contribution is -2.55. The molecule has 1 saturated carbocycles. The van der Waals surface area contributed by atoms with Crippen molar-refractivity contribution in [3.63, 3.8) is 0 Å². The van der Waals surface area contributed by atoms with Crippen molar-refractivity contribution in [2.24, 2.45) is 0 Å². The van der Waals surface area contributed by atoms with Crippen LogP contribution in [0.1, 0.15) is 50.2 Å². The lowest BCUT2D eigenvalue weighted by molar-refractivity contribution is -0.140. The van der Waals surface area contributed by atoms with Crippen molar-refractivity contribution in [3.8, 4) is 5.75 Å². The Morgan fingerprint density at radius 1 is 0.898 bits per heavy atom. The third-order valence-corrected chi connectivity index (χ3v) is 10.8. The highest BCUT2D eigenvalue weighted by Gasteiger charge is 2.35. The highest BCUT2D eigenvalue weighted by molar-refractivity contribution is 7.92. The largest absolute Gasteiger partial charge is 0.494 e. The summed E-state index contributed by atoms with van der Waals surface area (Å²) < 4.78 is 48.8. The number of nitrogens with zero attached hydrogens (tertiary/aromatic N) is 2. The van der Waals surface area contributed by atoms with Crippen LogP contribution in [-0.4, -0.2) is 50.4 Å². The lowest BCUT2D eigenvalue weighted by atomic mass is 9.94. The molecule has 1 fully saturated rings. The summed E-state index contributed by atoms with van der Waals surface area (Å²) in [6, 6.07) is 26.2. The Morgan fingerprint density at radius 3 is 2.20 bits per heavy atom. The minimum Gasteiger partial charge on any atom is -0.494 e. The van der Waals surface area contributed by atoms with Crippen LogP contribution in [0.15, 0.2) is 108 Å². The summed E-state index contributed by atoms with van der Waals surface area (Å²) in [6.07, 6.45) is 5.03. The molecule has 11 heteroatoms. The fourth-order valence-electron chi connectivity index (χ4n) is 6.05. The Hall–Kier alpha value is -4.41. The van der Waals surface area contributed by atoms with Crippen molar-refractivity contribution in [2.75, 3.05) is 17.5 Å². The summed E-state index contributed by atoms with van der Waals surface area (Å²) in [5.41, 5.74) is 1.64. The van der Waals surface area contributed by atoms with Crippen molar-refractivity contribution in [1.29, 1.82) is 0 Å². The number of carbonyl (C=O) groups excluding carboxylic acids is 2. The first-order valence-electron chi connectivity index (χ1n) is 16.5. The molecule has 0 saturated heterocycles. The molecular formula is C38H41ClFN3O5S. The average molecular weight is 706 g/mol. The normalized spacial score (nSPS) is 14.1. The Bertz CT molecular complexity index is 1800. The maximum atomic E-state index is 14.7. The molecule has 4 aromatic carbocycles. The van der Waals surface area contributed by atoms with Crippen LogP contribution >= 0.6 is 11.6 Å². The quantitative estimate of drug-likeness (QED) is 0.150. The number of amides is 2. The molecular weight excluding hydrogens is 665 g/mol. The van der Waals surface area contributed by atoms with E-state index in [1.54, 1.807) is 48.5 Å². The third kappa shape index (κ3) is 9.39. The first-order chi connectivity index (χ1) is 23.7. The summed E-state index contributed by atoms with van der Waals surface area (Å²) >= 11 is 6.59. The number of anilines is 1. The highest BCUT2D eigenvalue weighted by atomic mass is 35.5. The van der Waals surface area contributed by atoms with Gasteiger partial charge in [-0.1, -0.05) is 79.4 Å². The van der Waals surface area contributed by atoms with Gasteiger partial charge in [0, 0.05) is 24.0 Å². The van der Waals surface area contributed by atoms with Gasteiger partial charge < -0.3 is 15.0 Å². The topological polar surface area (TPSA) is 96.0 Å². The molecule has 1 aliphatic rings. The summed E-state index contributed by atoms with van der Waals surface area (Å²) in [6.45, 7) is 1.57. The molecule has 0 bridgehead atoms. The van der Waals surface area contributed by atoms with Crippen LogP contribution in [0.3, 0.4) is 0 Å². The van der Waals surface area contributed by atoms with Gasteiger partial charge in [0.25, 0.3) is 10.0 Å².